The van der Waals surface area contributed by atoms with Crippen molar-refractivity contribution in [2.75, 3.05) is 5.75 Å². The molecule has 0 saturated carbocycles. The van der Waals surface area contributed by atoms with E-state index < -0.39 is 16.0 Å². The molecule has 0 spiro atoms. The molecule has 1 aromatic rings. The van der Waals surface area contributed by atoms with Crippen LogP contribution >= 0.6 is 15.9 Å². The Balaban J connectivity index is 2.71. The van der Waals surface area contributed by atoms with E-state index in [1.54, 1.807) is 19.1 Å². The largest absolute Gasteiger partial charge is 0.293 e. The lowest BCUT2D eigenvalue weighted by atomic mass is 10.1. The van der Waals surface area contributed by atoms with Crippen molar-refractivity contribution in [1.82, 2.24) is 0 Å². The summed E-state index contributed by atoms with van der Waals surface area (Å²) in [5, 5.41) is -0.430. The van der Waals surface area contributed by atoms with Crippen LogP contribution in [0.5, 0.6) is 0 Å². The number of carbonyl (C=O) groups excluding carboxylic acids is 1. The van der Waals surface area contributed by atoms with Crippen molar-refractivity contribution in [3.05, 3.63) is 34.3 Å². The first kappa shape index (κ1) is 15.6. The molecule has 3 unspecified atom stereocenters. The SMILES string of the molecule is CCC(C)CS(=O)C(C)C(=O)c1ccc(Br)cc1. The van der Waals surface area contributed by atoms with Crippen LogP contribution < -0.4 is 0 Å². The molecule has 0 amide bonds. The Hall–Kier alpha value is -0.480. The zero-order valence-electron chi connectivity index (χ0n) is 11.0. The highest BCUT2D eigenvalue weighted by Crippen LogP contribution is 2.15. The molecule has 0 saturated heterocycles. The molecule has 0 aliphatic heterocycles. The summed E-state index contributed by atoms with van der Waals surface area (Å²) in [6.45, 7) is 5.89. The number of halogens is 1. The molecule has 3 atom stereocenters. The number of rotatable bonds is 6. The van der Waals surface area contributed by atoms with E-state index in [0.717, 1.165) is 10.9 Å². The zero-order valence-corrected chi connectivity index (χ0v) is 13.4. The number of hydrogen-bond acceptors (Lipinski definition) is 2. The maximum atomic E-state index is 12.2. The molecule has 0 fully saturated rings. The maximum Gasteiger partial charge on any atom is 0.178 e. The van der Waals surface area contributed by atoms with Crippen molar-refractivity contribution in [3.63, 3.8) is 0 Å². The Morgan fingerprint density at radius 3 is 2.33 bits per heavy atom. The molecule has 0 N–H and O–H groups in total. The normalized spacial score (nSPS) is 16.0. The topological polar surface area (TPSA) is 34.1 Å². The van der Waals surface area contributed by atoms with Crippen molar-refractivity contribution >= 4 is 32.5 Å². The maximum absolute atomic E-state index is 12.2. The summed E-state index contributed by atoms with van der Waals surface area (Å²) >= 11 is 3.33. The van der Waals surface area contributed by atoms with Crippen LogP contribution in [0.25, 0.3) is 0 Å². The average Bonchev–Trinajstić information content (AvgIpc) is 2.37. The third-order valence-corrected chi connectivity index (χ3v) is 5.47. The minimum Gasteiger partial charge on any atom is -0.293 e. The number of Topliss-reactive ketones (excluding diaryl/α,β-unsaturated/α-hetero) is 1. The van der Waals surface area contributed by atoms with Gasteiger partial charge in [-0.1, -0.05) is 48.3 Å². The van der Waals surface area contributed by atoms with Gasteiger partial charge < -0.3 is 0 Å². The molecule has 0 heterocycles. The fraction of sp³-hybridized carbons (Fsp3) is 0.500. The first-order chi connectivity index (χ1) is 8.45. The van der Waals surface area contributed by atoms with Gasteiger partial charge in [0.15, 0.2) is 5.78 Å². The molecule has 100 valence electrons. The second-order valence-electron chi connectivity index (χ2n) is 4.57. The summed E-state index contributed by atoms with van der Waals surface area (Å²) in [7, 11) is -1.09. The highest BCUT2D eigenvalue weighted by molar-refractivity contribution is 9.10. The van der Waals surface area contributed by atoms with Crippen LogP contribution in [-0.4, -0.2) is 21.0 Å². The van der Waals surface area contributed by atoms with Crippen LogP contribution in [0.1, 0.15) is 37.6 Å². The number of hydrogen-bond donors (Lipinski definition) is 0. The molecule has 0 aromatic heterocycles. The van der Waals surface area contributed by atoms with E-state index in [2.05, 4.69) is 29.8 Å². The van der Waals surface area contributed by atoms with Crippen molar-refractivity contribution in [2.24, 2.45) is 5.92 Å². The standard InChI is InChI=1S/C14H19BrO2S/c1-4-10(2)9-18(17)11(3)14(16)12-5-7-13(15)8-6-12/h5-8,10-11H,4,9H2,1-3H3. The third-order valence-electron chi connectivity index (χ3n) is 3.04. The van der Waals surface area contributed by atoms with Gasteiger partial charge in [-0.15, -0.1) is 0 Å². The molecule has 1 aromatic carbocycles. The van der Waals surface area contributed by atoms with Crippen LogP contribution in [0.3, 0.4) is 0 Å². The second kappa shape index (κ2) is 7.19. The van der Waals surface area contributed by atoms with Crippen molar-refractivity contribution in [3.8, 4) is 0 Å². The smallest absolute Gasteiger partial charge is 0.178 e. The summed E-state index contributed by atoms with van der Waals surface area (Å²) in [5.41, 5.74) is 0.628. The van der Waals surface area contributed by atoms with E-state index in [1.165, 1.54) is 0 Å². The fourth-order valence-electron chi connectivity index (χ4n) is 1.51. The quantitative estimate of drug-likeness (QED) is 0.743. The van der Waals surface area contributed by atoms with E-state index in [0.29, 0.717) is 17.2 Å². The van der Waals surface area contributed by atoms with Gasteiger partial charge in [-0.3, -0.25) is 9.00 Å². The Kier molecular flexibility index (Phi) is 6.22. The van der Waals surface area contributed by atoms with Crippen molar-refractivity contribution in [1.29, 1.82) is 0 Å². The van der Waals surface area contributed by atoms with Gasteiger partial charge >= 0.3 is 0 Å². The fourth-order valence-corrected chi connectivity index (χ4v) is 3.24. The lowest BCUT2D eigenvalue weighted by Crippen LogP contribution is -2.26. The van der Waals surface area contributed by atoms with Gasteiger partial charge in [-0.25, -0.2) is 0 Å². The molecule has 18 heavy (non-hydrogen) atoms. The lowest BCUT2D eigenvalue weighted by Gasteiger charge is -2.13. The first-order valence-corrected chi connectivity index (χ1v) is 8.30. The second-order valence-corrected chi connectivity index (χ2v) is 7.29. The number of ketones is 1. The average molecular weight is 331 g/mol. The predicted octanol–water partition coefficient (Wildman–Crippen LogP) is 3.82. The first-order valence-electron chi connectivity index (χ1n) is 6.12. The highest BCUT2D eigenvalue weighted by Gasteiger charge is 2.22. The van der Waals surface area contributed by atoms with Gasteiger partial charge in [0.1, 0.15) is 0 Å². The Morgan fingerprint density at radius 2 is 1.83 bits per heavy atom. The molecule has 0 radical (unpaired) electrons. The molecule has 0 bridgehead atoms. The van der Waals surface area contributed by atoms with Gasteiger partial charge in [0.2, 0.25) is 0 Å². The van der Waals surface area contributed by atoms with Gasteiger partial charge in [-0.05, 0) is 25.0 Å². The third kappa shape index (κ3) is 4.32. The Morgan fingerprint density at radius 1 is 1.28 bits per heavy atom. The summed E-state index contributed by atoms with van der Waals surface area (Å²) < 4.78 is 13.0. The van der Waals surface area contributed by atoms with Gasteiger partial charge in [-0.2, -0.15) is 0 Å². The molecule has 4 heteroatoms. The molecular formula is C14H19BrO2S. The van der Waals surface area contributed by atoms with Crippen LogP contribution in [0.4, 0.5) is 0 Å². The molecular weight excluding hydrogens is 312 g/mol. The molecule has 1 rings (SSSR count). The predicted molar refractivity (Wildman–Crippen MR) is 80.4 cm³/mol. The molecule has 2 nitrogen and oxygen atoms in total. The van der Waals surface area contributed by atoms with Crippen LogP contribution in [-0.2, 0) is 10.8 Å². The number of carbonyl (C=O) groups is 1. The monoisotopic (exact) mass is 330 g/mol. The van der Waals surface area contributed by atoms with E-state index in [1.807, 2.05) is 12.1 Å². The summed E-state index contributed by atoms with van der Waals surface area (Å²) in [5.74, 6) is 0.954. The van der Waals surface area contributed by atoms with Crippen molar-refractivity contribution < 1.29 is 9.00 Å². The lowest BCUT2D eigenvalue weighted by molar-refractivity contribution is 0.0992. The Bertz CT molecular complexity index is 428. The van der Waals surface area contributed by atoms with Gasteiger partial charge in [0.05, 0.1) is 5.25 Å². The molecule has 0 aliphatic carbocycles. The van der Waals surface area contributed by atoms with Crippen LogP contribution in [0, 0.1) is 5.92 Å². The number of benzene rings is 1. The molecule has 0 aliphatic rings. The van der Waals surface area contributed by atoms with E-state index in [4.69, 9.17) is 0 Å². The van der Waals surface area contributed by atoms with Gasteiger partial charge in [0.25, 0.3) is 0 Å². The summed E-state index contributed by atoms with van der Waals surface area (Å²) in [6, 6.07) is 7.20. The zero-order chi connectivity index (χ0) is 13.7. The van der Waals surface area contributed by atoms with Gasteiger partial charge in [0, 0.05) is 26.6 Å². The van der Waals surface area contributed by atoms with Crippen LogP contribution in [0.2, 0.25) is 0 Å². The minimum atomic E-state index is -1.09. The Labute approximate surface area is 120 Å². The summed E-state index contributed by atoms with van der Waals surface area (Å²) in [4.78, 5) is 12.2. The van der Waals surface area contributed by atoms with E-state index in [9.17, 15) is 9.00 Å². The summed E-state index contributed by atoms with van der Waals surface area (Å²) in [6.07, 6.45) is 0.991. The van der Waals surface area contributed by atoms with E-state index in [-0.39, 0.29) is 5.78 Å². The van der Waals surface area contributed by atoms with Crippen LogP contribution in [0.15, 0.2) is 28.7 Å². The van der Waals surface area contributed by atoms with Crippen molar-refractivity contribution in [2.45, 2.75) is 32.4 Å². The minimum absolute atomic E-state index is 0.0378. The highest BCUT2D eigenvalue weighted by atomic mass is 79.9. The van der Waals surface area contributed by atoms with E-state index >= 15 is 0 Å².